The number of piperazine rings is 1. The van der Waals surface area contributed by atoms with Crippen molar-refractivity contribution in [1.82, 2.24) is 15.1 Å². The summed E-state index contributed by atoms with van der Waals surface area (Å²) >= 11 is 0. The van der Waals surface area contributed by atoms with Crippen molar-refractivity contribution >= 4 is 18.3 Å². The number of ether oxygens (including phenoxy) is 2. The number of hydrogen-bond acceptors (Lipinski definition) is 5. The molecule has 3 aliphatic heterocycles. The quantitative estimate of drug-likeness (QED) is 0.843. The molecule has 0 bridgehead atoms. The number of nitrogens with one attached hydrogen (secondary N) is 1. The molecule has 0 spiro atoms. The molecule has 1 N–H and O–H groups in total. The lowest BCUT2D eigenvalue weighted by molar-refractivity contribution is -0.131. The summed E-state index contributed by atoms with van der Waals surface area (Å²) in [6, 6.07) is 6.70. The van der Waals surface area contributed by atoms with Crippen LogP contribution in [0.15, 0.2) is 18.2 Å². The van der Waals surface area contributed by atoms with Crippen LogP contribution in [0.3, 0.4) is 0 Å². The number of likely N-dealkylation sites (tertiary alicyclic amines) is 1. The molecule has 3 unspecified atom stereocenters. The normalized spacial score (nSPS) is 29.9. The van der Waals surface area contributed by atoms with Crippen LogP contribution in [-0.2, 0) is 4.79 Å². The van der Waals surface area contributed by atoms with Crippen molar-refractivity contribution in [3.05, 3.63) is 23.8 Å². The lowest BCUT2D eigenvalue weighted by Crippen LogP contribution is -2.49. The van der Waals surface area contributed by atoms with Gasteiger partial charge in [-0.05, 0) is 36.5 Å². The van der Waals surface area contributed by atoms with E-state index in [-0.39, 0.29) is 18.3 Å². The molecule has 1 amide bonds. The van der Waals surface area contributed by atoms with Crippen molar-refractivity contribution in [2.24, 2.45) is 5.92 Å². The number of fused-ring (bicyclic) bond motifs is 1. The molecule has 27 heavy (non-hydrogen) atoms. The van der Waals surface area contributed by atoms with Gasteiger partial charge in [0.2, 0.25) is 5.91 Å². The summed E-state index contributed by atoms with van der Waals surface area (Å²) < 4.78 is 11.3. The van der Waals surface area contributed by atoms with E-state index in [1.165, 1.54) is 5.56 Å². The van der Waals surface area contributed by atoms with Crippen LogP contribution in [0.4, 0.5) is 0 Å². The minimum atomic E-state index is 0. The van der Waals surface area contributed by atoms with Gasteiger partial charge < -0.3 is 19.7 Å². The standard InChI is InChI=1S/C20H27N3O3.ClH/c24-20(23-6-3-15(13-23)22-7-4-21-5-8-22)17-12-16(17)14-1-2-18-19(11-14)26-10-9-25-18;/h1-2,11,15-17,21H,3-10,12-13H2;1H. The summed E-state index contributed by atoms with van der Waals surface area (Å²) in [7, 11) is 0. The summed E-state index contributed by atoms with van der Waals surface area (Å²) in [5.74, 6) is 2.49. The smallest absolute Gasteiger partial charge is 0.226 e. The van der Waals surface area contributed by atoms with Gasteiger partial charge >= 0.3 is 0 Å². The van der Waals surface area contributed by atoms with Crippen molar-refractivity contribution < 1.29 is 14.3 Å². The summed E-state index contributed by atoms with van der Waals surface area (Å²) in [4.78, 5) is 17.6. The molecule has 3 fully saturated rings. The van der Waals surface area contributed by atoms with Crippen LogP contribution in [0.25, 0.3) is 0 Å². The van der Waals surface area contributed by atoms with Crippen molar-refractivity contribution in [3.63, 3.8) is 0 Å². The van der Waals surface area contributed by atoms with Crippen LogP contribution in [0, 0.1) is 5.92 Å². The van der Waals surface area contributed by atoms with Gasteiger partial charge in [0.15, 0.2) is 11.5 Å². The molecule has 0 aromatic heterocycles. The van der Waals surface area contributed by atoms with Crippen molar-refractivity contribution in [2.75, 3.05) is 52.5 Å². The Morgan fingerprint density at radius 1 is 1.07 bits per heavy atom. The average Bonchev–Trinajstić information content (AvgIpc) is 3.35. The van der Waals surface area contributed by atoms with Gasteiger partial charge in [-0.3, -0.25) is 9.69 Å². The monoisotopic (exact) mass is 393 g/mol. The number of hydrogen-bond donors (Lipinski definition) is 1. The maximum absolute atomic E-state index is 12.9. The highest BCUT2D eigenvalue weighted by atomic mass is 35.5. The third-order valence-corrected chi connectivity index (χ3v) is 6.25. The molecular formula is C20H28ClN3O3. The number of nitrogens with zero attached hydrogens (tertiary/aromatic N) is 2. The van der Waals surface area contributed by atoms with Crippen molar-refractivity contribution in [2.45, 2.75) is 24.8 Å². The van der Waals surface area contributed by atoms with Crippen LogP contribution >= 0.6 is 12.4 Å². The Bertz CT molecular complexity index is 695. The van der Waals surface area contributed by atoms with Gasteiger partial charge in [-0.25, -0.2) is 0 Å². The van der Waals surface area contributed by atoms with Crippen LogP contribution in [0.2, 0.25) is 0 Å². The molecule has 1 saturated carbocycles. The first-order chi connectivity index (χ1) is 12.8. The minimum Gasteiger partial charge on any atom is -0.486 e. The fourth-order valence-corrected chi connectivity index (χ4v) is 4.65. The summed E-state index contributed by atoms with van der Waals surface area (Å²) in [6.45, 7) is 7.39. The minimum absolute atomic E-state index is 0. The number of carbonyl (C=O) groups excluding carboxylic acids is 1. The fraction of sp³-hybridized carbons (Fsp3) is 0.650. The van der Waals surface area contributed by atoms with Gasteiger partial charge in [0.25, 0.3) is 0 Å². The van der Waals surface area contributed by atoms with E-state index in [4.69, 9.17) is 9.47 Å². The van der Waals surface area contributed by atoms with Gasteiger partial charge in [-0.1, -0.05) is 6.07 Å². The van der Waals surface area contributed by atoms with Gasteiger partial charge in [-0.2, -0.15) is 0 Å². The van der Waals surface area contributed by atoms with Gasteiger partial charge in [-0.15, -0.1) is 12.4 Å². The predicted molar refractivity (Wildman–Crippen MR) is 105 cm³/mol. The zero-order chi connectivity index (χ0) is 17.5. The molecule has 1 aliphatic carbocycles. The zero-order valence-electron chi connectivity index (χ0n) is 15.6. The molecule has 7 heteroatoms. The highest BCUT2D eigenvalue weighted by Crippen LogP contribution is 2.50. The molecule has 6 nitrogen and oxygen atoms in total. The largest absolute Gasteiger partial charge is 0.486 e. The number of carbonyl (C=O) groups is 1. The van der Waals surface area contributed by atoms with Crippen LogP contribution in [0.5, 0.6) is 11.5 Å². The Morgan fingerprint density at radius 3 is 2.67 bits per heavy atom. The molecule has 5 rings (SSSR count). The second kappa shape index (κ2) is 7.86. The first kappa shape index (κ1) is 18.8. The predicted octanol–water partition coefficient (Wildman–Crippen LogP) is 1.49. The third-order valence-electron chi connectivity index (χ3n) is 6.25. The molecule has 1 aromatic carbocycles. The molecule has 2 saturated heterocycles. The molecule has 3 heterocycles. The van der Waals surface area contributed by atoms with Gasteiger partial charge in [0.05, 0.1) is 0 Å². The summed E-state index contributed by atoms with van der Waals surface area (Å²) in [5, 5.41) is 3.40. The van der Waals surface area contributed by atoms with Crippen LogP contribution in [-0.4, -0.2) is 74.2 Å². The third kappa shape index (κ3) is 3.75. The topological polar surface area (TPSA) is 54.0 Å². The van der Waals surface area contributed by atoms with Gasteiger partial charge in [0.1, 0.15) is 13.2 Å². The number of halogens is 1. The number of benzene rings is 1. The number of amides is 1. The Labute approximate surface area is 166 Å². The van der Waals surface area contributed by atoms with Crippen LogP contribution < -0.4 is 14.8 Å². The van der Waals surface area contributed by atoms with E-state index < -0.39 is 0 Å². The first-order valence-corrected chi connectivity index (χ1v) is 9.93. The Balaban J connectivity index is 0.00000180. The second-order valence-electron chi connectivity index (χ2n) is 7.86. The maximum atomic E-state index is 12.9. The van der Waals surface area contributed by atoms with Crippen molar-refractivity contribution in [3.8, 4) is 11.5 Å². The highest BCUT2D eigenvalue weighted by Gasteiger charge is 2.47. The van der Waals surface area contributed by atoms with E-state index in [1.54, 1.807) is 0 Å². The molecule has 4 aliphatic rings. The average molecular weight is 394 g/mol. The Hall–Kier alpha value is -1.50. The van der Waals surface area contributed by atoms with Crippen LogP contribution in [0.1, 0.15) is 24.3 Å². The fourth-order valence-electron chi connectivity index (χ4n) is 4.65. The molecule has 3 atom stereocenters. The lowest BCUT2D eigenvalue weighted by Gasteiger charge is -2.32. The van der Waals surface area contributed by atoms with E-state index in [2.05, 4.69) is 27.2 Å². The van der Waals surface area contributed by atoms with E-state index >= 15 is 0 Å². The van der Waals surface area contributed by atoms with E-state index in [1.807, 2.05) is 6.07 Å². The lowest BCUT2D eigenvalue weighted by atomic mass is 10.1. The molecular weight excluding hydrogens is 366 g/mol. The van der Waals surface area contributed by atoms with E-state index in [9.17, 15) is 4.79 Å². The molecule has 0 radical (unpaired) electrons. The Kier molecular flexibility index (Phi) is 5.48. The van der Waals surface area contributed by atoms with E-state index in [0.29, 0.717) is 31.1 Å². The highest BCUT2D eigenvalue weighted by molar-refractivity contribution is 5.85. The Morgan fingerprint density at radius 2 is 1.85 bits per heavy atom. The van der Waals surface area contributed by atoms with Gasteiger partial charge in [0, 0.05) is 51.2 Å². The second-order valence-corrected chi connectivity index (χ2v) is 7.86. The van der Waals surface area contributed by atoms with E-state index in [0.717, 1.165) is 63.6 Å². The number of rotatable bonds is 3. The van der Waals surface area contributed by atoms with Crippen molar-refractivity contribution in [1.29, 1.82) is 0 Å². The summed E-state index contributed by atoms with van der Waals surface area (Å²) in [6.07, 6.45) is 2.08. The SMILES string of the molecule is Cl.O=C(C1CC1c1ccc2c(c1)OCCO2)N1CCC(N2CCNCC2)C1. The summed E-state index contributed by atoms with van der Waals surface area (Å²) in [5.41, 5.74) is 1.21. The molecule has 1 aromatic rings. The first-order valence-electron chi connectivity index (χ1n) is 9.93. The molecule has 148 valence electrons. The zero-order valence-corrected chi connectivity index (χ0v) is 16.4. The maximum Gasteiger partial charge on any atom is 0.226 e.